The van der Waals surface area contributed by atoms with E-state index >= 15 is 0 Å². The zero-order chi connectivity index (χ0) is 11.3. The number of aryl methyl sites for hydroxylation is 1. The van der Waals surface area contributed by atoms with E-state index in [1.807, 2.05) is 0 Å². The van der Waals surface area contributed by atoms with Crippen molar-refractivity contribution in [2.24, 2.45) is 0 Å². The Morgan fingerprint density at radius 3 is 2.93 bits per heavy atom. The van der Waals surface area contributed by atoms with Gasteiger partial charge in [-0.3, -0.25) is 10.1 Å². The summed E-state index contributed by atoms with van der Waals surface area (Å²) in [5.74, 6) is -0.217. The van der Waals surface area contributed by atoms with Crippen molar-refractivity contribution in [3.05, 3.63) is 24.1 Å². The second-order valence-corrected chi connectivity index (χ2v) is 3.46. The van der Waals surface area contributed by atoms with Gasteiger partial charge in [-0.2, -0.15) is 4.98 Å². The quantitative estimate of drug-likeness (QED) is 0.757. The van der Waals surface area contributed by atoms with Crippen molar-refractivity contribution in [3.8, 4) is 0 Å². The highest BCUT2D eigenvalue weighted by Crippen LogP contribution is 2.10. The van der Waals surface area contributed by atoms with Gasteiger partial charge in [0.1, 0.15) is 6.26 Å². The van der Waals surface area contributed by atoms with Crippen molar-refractivity contribution in [1.29, 1.82) is 0 Å². The Balaban J connectivity index is 2.45. The Morgan fingerprint density at radius 2 is 2.40 bits per heavy atom. The Bertz CT molecular complexity index is 355. The lowest BCUT2D eigenvalue weighted by Gasteiger charge is -2.03. The smallest absolute Gasteiger partial charge is 0.301 e. The lowest BCUT2D eigenvalue weighted by atomic mass is 10.1. The standard InChI is InChI=1S/C11H16N2O2/c1-4-5-6-8(2)10(14)13-11-12-9(3)7-15-11/h7H,2,4-6H2,1,3H3,(H,12,13,14). The van der Waals surface area contributed by atoms with Gasteiger partial charge in [-0.05, 0) is 19.8 Å². The molecule has 1 N–H and O–H groups in total. The highest BCUT2D eigenvalue weighted by atomic mass is 16.4. The second kappa shape index (κ2) is 5.34. The summed E-state index contributed by atoms with van der Waals surface area (Å²) in [5, 5.41) is 2.56. The van der Waals surface area contributed by atoms with Crippen molar-refractivity contribution in [2.75, 3.05) is 5.32 Å². The predicted molar refractivity (Wildman–Crippen MR) is 58.5 cm³/mol. The molecule has 0 aliphatic carbocycles. The largest absolute Gasteiger partial charge is 0.432 e. The van der Waals surface area contributed by atoms with E-state index in [1.54, 1.807) is 6.92 Å². The number of nitrogens with zero attached hydrogens (tertiary/aromatic N) is 1. The molecule has 82 valence electrons. The fourth-order valence-corrected chi connectivity index (χ4v) is 1.10. The van der Waals surface area contributed by atoms with Crippen LogP contribution < -0.4 is 5.32 Å². The van der Waals surface area contributed by atoms with E-state index < -0.39 is 0 Å². The summed E-state index contributed by atoms with van der Waals surface area (Å²) in [7, 11) is 0. The minimum atomic E-state index is -0.217. The first-order valence-electron chi connectivity index (χ1n) is 5.04. The van der Waals surface area contributed by atoms with Crippen LogP contribution in [0.1, 0.15) is 31.9 Å². The number of nitrogens with one attached hydrogen (secondary N) is 1. The van der Waals surface area contributed by atoms with Crippen molar-refractivity contribution < 1.29 is 9.21 Å². The van der Waals surface area contributed by atoms with Crippen molar-refractivity contribution >= 4 is 11.9 Å². The van der Waals surface area contributed by atoms with Crippen LogP contribution >= 0.6 is 0 Å². The summed E-state index contributed by atoms with van der Waals surface area (Å²) >= 11 is 0. The molecule has 0 spiro atoms. The van der Waals surface area contributed by atoms with Gasteiger partial charge < -0.3 is 4.42 Å². The van der Waals surface area contributed by atoms with Gasteiger partial charge in [0.2, 0.25) is 0 Å². The van der Waals surface area contributed by atoms with Crippen LogP contribution in [-0.4, -0.2) is 10.9 Å². The summed E-state index contributed by atoms with van der Waals surface area (Å²) in [6.07, 6.45) is 4.22. The lowest BCUT2D eigenvalue weighted by molar-refractivity contribution is -0.113. The molecule has 0 unspecified atom stereocenters. The maximum Gasteiger partial charge on any atom is 0.301 e. The fourth-order valence-electron chi connectivity index (χ4n) is 1.10. The van der Waals surface area contributed by atoms with E-state index in [-0.39, 0.29) is 11.9 Å². The van der Waals surface area contributed by atoms with Gasteiger partial charge in [0.25, 0.3) is 5.91 Å². The SMILES string of the molecule is C=C(CCCC)C(=O)Nc1nc(C)co1. The van der Waals surface area contributed by atoms with E-state index in [0.29, 0.717) is 12.0 Å². The fraction of sp³-hybridized carbons (Fsp3) is 0.455. The molecule has 1 heterocycles. The maximum absolute atomic E-state index is 11.5. The molecule has 1 rings (SSSR count). The van der Waals surface area contributed by atoms with E-state index in [4.69, 9.17) is 4.42 Å². The van der Waals surface area contributed by atoms with Gasteiger partial charge in [0, 0.05) is 5.57 Å². The third kappa shape index (κ3) is 3.58. The molecular weight excluding hydrogens is 192 g/mol. The molecule has 4 heteroatoms. The molecule has 0 fully saturated rings. The molecule has 0 radical (unpaired) electrons. The molecule has 0 saturated carbocycles. The van der Waals surface area contributed by atoms with E-state index in [1.165, 1.54) is 6.26 Å². The Morgan fingerprint density at radius 1 is 1.67 bits per heavy atom. The summed E-state index contributed by atoms with van der Waals surface area (Å²) in [6, 6.07) is 0.232. The molecule has 0 saturated heterocycles. The molecule has 1 aromatic heterocycles. The predicted octanol–water partition coefficient (Wildman–Crippen LogP) is 2.67. The first-order valence-corrected chi connectivity index (χ1v) is 5.04. The number of hydrogen-bond donors (Lipinski definition) is 1. The third-order valence-electron chi connectivity index (χ3n) is 1.99. The minimum absolute atomic E-state index is 0.217. The molecule has 15 heavy (non-hydrogen) atoms. The number of hydrogen-bond acceptors (Lipinski definition) is 3. The summed E-state index contributed by atoms with van der Waals surface area (Å²) in [4.78, 5) is 15.5. The summed E-state index contributed by atoms with van der Waals surface area (Å²) in [6.45, 7) is 7.58. The molecule has 1 aromatic rings. The number of unbranched alkanes of at least 4 members (excludes halogenated alkanes) is 1. The number of aromatic nitrogens is 1. The molecule has 0 aromatic carbocycles. The van der Waals surface area contributed by atoms with Gasteiger partial charge in [0.15, 0.2) is 0 Å². The number of carbonyl (C=O) groups is 1. The van der Waals surface area contributed by atoms with Gasteiger partial charge in [-0.1, -0.05) is 19.9 Å². The van der Waals surface area contributed by atoms with Gasteiger partial charge >= 0.3 is 6.01 Å². The average molecular weight is 208 g/mol. The zero-order valence-electron chi connectivity index (χ0n) is 9.17. The van der Waals surface area contributed by atoms with Crippen LogP contribution in [0, 0.1) is 6.92 Å². The molecule has 4 nitrogen and oxygen atoms in total. The van der Waals surface area contributed by atoms with Crippen LogP contribution in [-0.2, 0) is 4.79 Å². The molecule has 0 bridgehead atoms. The van der Waals surface area contributed by atoms with Gasteiger partial charge in [-0.25, -0.2) is 0 Å². The number of carbonyl (C=O) groups excluding carboxylic acids is 1. The molecule has 0 atom stereocenters. The first-order chi connectivity index (χ1) is 7.13. The van der Waals surface area contributed by atoms with Crippen LogP contribution in [0.2, 0.25) is 0 Å². The summed E-state index contributed by atoms with van der Waals surface area (Å²) < 4.78 is 5.01. The maximum atomic E-state index is 11.5. The normalized spacial score (nSPS) is 10.0. The highest BCUT2D eigenvalue weighted by Gasteiger charge is 2.09. The lowest BCUT2D eigenvalue weighted by Crippen LogP contribution is -2.13. The minimum Gasteiger partial charge on any atom is -0.432 e. The first kappa shape index (κ1) is 11.5. The van der Waals surface area contributed by atoms with Gasteiger partial charge in [0.05, 0.1) is 5.69 Å². The van der Waals surface area contributed by atoms with Crippen LogP contribution in [0.4, 0.5) is 6.01 Å². The molecule has 0 aliphatic heterocycles. The average Bonchev–Trinajstić information content (AvgIpc) is 2.60. The van der Waals surface area contributed by atoms with E-state index in [0.717, 1.165) is 18.5 Å². The number of anilines is 1. The van der Waals surface area contributed by atoms with Crippen molar-refractivity contribution in [3.63, 3.8) is 0 Å². The topological polar surface area (TPSA) is 55.1 Å². The zero-order valence-corrected chi connectivity index (χ0v) is 9.17. The Kier molecular flexibility index (Phi) is 4.09. The number of amides is 1. The van der Waals surface area contributed by atoms with Crippen molar-refractivity contribution in [2.45, 2.75) is 33.1 Å². The molecular formula is C11H16N2O2. The van der Waals surface area contributed by atoms with Crippen molar-refractivity contribution in [1.82, 2.24) is 4.98 Å². The monoisotopic (exact) mass is 208 g/mol. The second-order valence-electron chi connectivity index (χ2n) is 3.46. The van der Waals surface area contributed by atoms with Crippen LogP contribution in [0.25, 0.3) is 0 Å². The Labute approximate surface area is 89.4 Å². The van der Waals surface area contributed by atoms with E-state index in [9.17, 15) is 4.79 Å². The Hall–Kier alpha value is -1.58. The van der Waals surface area contributed by atoms with Crippen LogP contribution in [0.15, 0.2) is 22.8 Å². The molecule has 0 aliphatic rings. The highest BCUT2D eigenvalue weighted by molar-refractivity contribution is 6.01. The van der Waals surface area contributed by atoms with Crippen LogP contribution in [0.3, 0.4) is 0 Å². The summed E-state index contributed by atoms with van der Waals surface area (Å²) in [5.41, 5.74) is 1.30. The molecule has 1 amide bonds. The van der Waals surface area contributed by atoms with Crippen LogP contribution in [0.5, 0.6) is 0 Å². The third-order valence-corrected chi connectivity index (χ3v) is 1.99. The van der Waals surface area contributed by atoms with Gasteiger partial charge in [-0.15, -0.1) is 0 Å². The number of rotatable bonds is 5. The van der Waals surface area contributed by atoms with E-state index in [2.05, 4.69) is 23.8 Å². The number of oxazole rings is 1.